The van der Waals surface area contributed by atoms with E-state index in [-0.39, 0.29) is 11.4 Å². The fraction of sp³-hybridized carbons (Fsp3) is 0.550. The van der Waals surface area contributed by atoms with Crippen LogP contribution in [0.4, 0.5) is 4.39 Å². The Balaban J connectivity index is 1.27. The molecule has 2 aromatic rings. The molecule has 4 heterocycles. The van der Waals surface area contributed by atoms with E-state index in [1.807, 2.05) is 18.5 Å². The Morgan fingerprint density at radius 2 is 2.12 bits per heavy atom. The van der Waals surface area contributed by atoms with Gasteiger partial charge in [0.1, 0.15) is 5.82 Å². The predicted molar refractivity (Wildman–Crippen MR) is 96.8 cm³/mol. The molecule has 3 aliphatic rings. The molecule has 0 saturated carbocycles. The van der Waals surface area contributed by atoms with Crippen molar-refractivity contribution in [2.24, 2.45) is 0 Å². The predicted octanol–water partition coefficient (Wildman–Crippen LogP) is 2.28. The van der Waals surface area contributed by atoms with Gasteiger partial charge in [-0.15, -0.1) is 0 Å². The van der Waals surface area contributed by atoms with Crippen LogP contribution in [0.5, 0.6) is 0 Å². The minimum absolute atomic E-state index is 0.119. The van der Waals surface area contributed by atoms with Gasteiger partial charge in [-0.2, -0.15) is 0 Å². The molecule has 0 radical (unpaired) electrons. The number of halogens is 1. The van der Waals surface area contributed by atoms with Gasteiger partial charge in [0.15, 0.2) is 0 Å². The third-order valence-corrected chi connectivity index (χ3v) is 6.03. The van der Waals surface area contributed by atoms with Gasteiger partial charge in [-0.3, -0.25) is 4.90 Å². The molecule has 1 aromatic carbocycles. The highest BCUT2D eigenvalue weighted by Crippen LogP contribution is 2.33. The van der Waals surface area contributed by atoms with Gasteiger partial charge in [0.25, 0.3) is 0 Å². The van der Waals surface area contributed by atoms with Crippen LogP contribution in [-0.2, 0) is 17.7 Å². The van der Waals surface area contributed by atoms with Crippen molar-refractivity contribution in [2.45, 2.75) is 43.9 Å². The summed E-state index contributed by atoms with van der Waals surface area (Å²) in [6.45, 7) is 4.90. The maximum atomic E-state index is 13.2. The van der Waals surface area contributed by atoms with Crippen LogP contribution in [0.3, 0.4) is 0 Å². The van der Waals surface area contributed by atoms with E-state index in [2.05, 4.69) is 19.8 Å². The normalized spacial score (nSPS) is 25.0. The number of imidazole rings is 1. The number of aromatic nitrogens is 2. The van der Waals surface area contributed by atoms with Crippen molar-refractivity contribution in [3.8, 4) is 5.69 Å². The lowest BCUT2D eigenvalue weighted by Crippen LogP contribution is -2.64. The van der Waals surface area contributed by atoms with Gasteiger partial charge in [-0.1, -0.05) is 0 Å². The molecule has 5 rings (SSSR count). The van der Waals surface area contributed by atoms with Crippen molar-refractivity contribution in [3.05, 3.63) is 47.8 Å². The number of rotatable bonds is 3. The lowest BCUT2D eigenvalue weighted by Gasteiger charge is -2.48. The van der Waals surface area contributed by atoms with Crippen LogP contribution < -0.4 is 5.32 Å². The first-order valence-electron chi connectivity index (χ1n) is 9.63. The van der Waals surface area contributed by atoms with Crippen LogP contribution >= 0.6 is 0 Å². The molecular weight excluding hydrogens is 331 g/mol. The first kappa shape index (κ1) is 16.4. The van der Waals surface area contributed by atoms with Gasteiger partial charge in [-0.25, -0.2) is 9.37 Å². The van der Waals surface area contributed by atoms with Crippen LogP contribution in [0.2, 0.25) is 0 Å². The highest BCUT2D eigenvalue weighted by Gasteiger charge is 2.42. The molecular formula is C20H25FN4O. The second kappa shape index (κ2) is 6.44. The van der Waals surface area contributed by atoms with Crippen LogP contribution in [0.15, 0.2) is 30.6 Å². The van der Waals surface area contributed by atoms with E-state index >= 15 is 0 Å². The molecule has 138 valence electrons. The van der Waals surface area contributed by atoms with E-state index in [0.29, 0.717) is 6.10 Å². The molecule has 26 heavy (non-hydrogen) atoms. The molecule has 1 atom stereocenters. The fourth-order valence-corrected chi connectivity index (χ4v) is 4.55. The average molecular weight is 356 g/mol. The summed E-state index contributed by atoms with van der Waals surface area (Å²) in [7, 11) is 0. The SMILES string of the molecule is Fc1ccc(-n2cnc3c2CCN(CC2CCCC4(CNC4)O2)C3)cc1. The molecule has 3 aliphatic heterocycles. The van der Waals surface area contributed by atoms with Crippen LogP contribution in [0, 0.1) is 5.82 Å². The van der Waals surface area contributed by atoms with Gasteiger partial charge in [-0.05, 0) is 43.5 Å². The van der Waals surface area contributed by atoms with Crippen molar-refractivity contribution in [2.75, 3.05) is 26.2 Å². The van der Waals surface area contributed by atoms with Gasteiger partial charge >= 0.3 is 0 Å². The molecule has 0 bridgehead atoms. The van der Waals surface area contributed by atoms with Crippen molar-refractivity contribution < 1.29 is 9.13 Å². The average Bonchev–Trinajstić information content (AvgIpc) is 3.04. The number of ether oxygens (including phenoxy) is 1. The topological polar surface area (TPSA) is 42.3 Å². The summed E-state index contributed by atoms with van der Waals surface area (Å²) >= 11 is 0. The van der Waals surface area contributed by atoms with Crippen LogP contribution in [-0.4, -0.2) is 52.3 Å². The van der Waals surface area contributed by atoms with Crippen molar-refractivity contribution in [1.82, 2.24) is 19.8 Å². The smallest absolute Gasteiger partial charge is 0.123 e. The quantitative estimate of drug-likeness (QED) is 0.916. The Hall–Kier alpha value is -1.76. The van der Waals surface area contributed by atoms with Gasteiger partial charge < -0.3 is 14.6 Å². The molecule has 2 saturated heterocycles. The Morgan fingerprint density at radius 3 is 2.88 bits per heavy atom. The lowest BCUT2D eigenvalue weighted by molar-refractivity contribution is -0.159. The summed E-state index contributed by atoms with van der Waals surface area (Å²) < 4.78 is 21.7. The zero-order chi connectivity index (χ0) is 17.6. The van der Waals surface area contributed by atoms with E-state index in [4.69, 9.17) is 4.74 Å². The Kier molecular flexibility index (Phi) is 4.07. The van der Waals surface area contributed by atoms with E-state index in [1.165, 1.54) is 30.7 Å². The maximum Gasteiger partial charge on any atom is 0.123 e. The first-order valence-corrected chi connectivity index (χ1v) is 9.63. The van der Waals surface area contributed by atoms with Crippen LogP contribution in [0.1, 0.15) is 30.7 Å². The first-order chi connectivity index (χ1) is 12.7. The summed E-state index contributed by atoms with van der Waals surface area (Å²) in [5, 5.41) is 3.36. The van der Waals surface area contributed by atoms with Crippen LogP contribution in [0.25, 0.3) is 5.69 Å². The monoisotopic (exact) mass is 356 g/mol. The largest absolute Gasteiger partial charge is 0.368 e. The summed E-state index contributed by atoms with van der Waals surface area (Å²) in [5.41, 5.74) is 3.48. The Morgan fingerprint density at radius 1 is 1.27 bits per heavy atom. The third kappa shape index (κ3) is 2.96. The minimum Gasteiger partial charge on any atom is -0.368 e. The summed E-state index contributed by atoms with van der Waals surface area (Å²) in [6.07, 6.45) is 6.80. The lowest BCUT2D eigenvalue weighted by atomic mass is 9.86. The van der Waals surface area contributed by atoms with Gasteiger partial charge in [0.2, 0.25) is 0 Å². The highest BCUT2D eigenvalue weighted by atomic mass is 19.1. The molecule has 1 N–H and O–H groups in total. The number of fused-ring (bicyclic) bond motifs is 1. The Bertz CT molecular complexity index is 784. The molecule has 0 aliphatic carbocycles. The van der Waals surface area contributed by atoms with Crippen molar-refractivity contribution in [3.63, 3.8) is 0 Å². The second-order valence-electron chi connectivity index (χ2n) is 7.89. The molecule has 5 nitrogen and oxygen atoms in total. The number of benzene rings is 1. The van der Waals surface area contributed by atoms with Crippen molar-refractivity contribution in [1.29, 1.82) is 0 Å². The molecule has 1 aromatic heterocycles. The van der Waals surface area contributed by atoms with E-state index in [1.54, 1.807) is 0 Å². The number of hydrogen-bond acceptors (Lipinski definition) is 4. The number of hydrogen-bond donors (Lipinski definition) is 1. The summed E-state index contributed by atoms with van der Waals surface area (Å²) in [6, 6.07) is 6.63. The molecule has 0 amide bonds. The fourth-order valence-electron chi connectivity index (χ4n) is 4.55. The van der Waals surface area contributed by atoms with Gasteiger partial charge in [0, 0.05) is 50.5 Å². The number of nitrogens with zero attached hydrogens (tertiary/aromatic N) is 3. The molecule has 2 fully saturated rings. The summed E-state index contributed by atoms with van der Waals surface area (Å²) in [5.74, 6) is -0.208. The molecule has 1 unspecified atom stereocenters. The summed E-state index contributed by atoms with van der Waals surface area (Å²) in [4.78, 5) is 7.10. The molecule has 6 heteroatoms. The van der Waals surface area contributed by atoms with E-state index in [9.17, 15) is 4.39 Å². The molecule has 1 spiro atoms. The van der Waals surface area contributed by atoms with E-state index < -0.39 is 0 Å². The van der Waals surface area contributed by atoms with Gasteiger partial charge in [0.05, 0.1) is 23.7 Å². The standard InChI is InChI=1S/C20H25FN4O/c21-15-3-5-16(6-4-15)25-14-23-18-11-24(9-7-19(18)25)10-17-2-1-8-20(26-17)12-22-13-20/h3-6,14,17,22H,1-2,7-13H2. The number of nitrogens with one attached hydrogen (secondary N) is 1. The van der Waals surface area contributed by atoms with Crippen molar-refractivity contribution >= 4 is 0 Å². The zero-order valence-electron chi connectivity index (χ0n) is 15.0. The zero-order valence-corrected chi connectivity index (χ0v) is 15.0. The second-order valence-corrected chi connectivity index (χ2v) is 7.89. The Labute approximate surface area is 153 Å². The maximum absolute atomic E-state index is 13.2. The van der Waals surface area contributed by atoms with E-state index in [0.717, 1.165) is 56.9 Å². The highest BCUT2D eigenvalue weighted by molar-refractivity contribution is 5.36. The third-order valence-electron chi connectivity index (χ3n) is 6.03. The minimum atomic E-state index is -0.208.